The minimum Gasteiger partial charge on any atom is -0.341 e. The molecule has 1 atom stereocenters. The van der Waals surface area contributed by atoms with E-state index in [1.165, 1.54) is 6.07 Å². The van der Waals surface area contributed by atoms with Gasteiger partial charge >= 0.3 is 6.03 Å². The molecule has 0 saturated heterocycles. The summed E-state index contributed by atoms with van der Waals surface area (Å²) in [6, 6.07) is 20.1. The van der Waals surface area contributed by atoms with Crippen molar-refractivity contribution in [2.24, 2.45) is 0 Å². The Morgan fingerprint density at radius 2 is 1.70 bits per heavy atom. The van der Waals surface area contributed by atoms with Gasteiger partial charge in [0.05, 0.1) is 6.07 Å². The number of amides is 3. The number of fused-ring (bicyclic) bond motifs is 1. The van der Waals surface area contributed by atoms with Crippen molar-refractivity contribution < 1.29 is 14.0 Å². The minimum atomic E-state index is -0.889. The first kappa shape index (κ1) is 20.8. The quantitative estimate of drug-likeness (QED) is 0.529. The average Bonchev–Trinajstić information content (AvgIpc) is 2.76. The van der Waals surface area contributed by atoms with Crippen molar-refractivity contribution in [3.63, 3.8) is 0 Å². The summed E-state index contributed by atoms with van der Waals surface area (Å²) in [5.74, 6) is -0.886. The molecule has 152 valence electrons. The predicted molar refractivity (Wildman–Crippen MR) is 112 cm³/mol. The van der Waals surface area contributed by atoms with Crippen molar-refractivity contribution in [1.29, 1.82) is 5.26 Å². The number of nitrogens with one attached hydrogen (secondary N) is 3. The van der Waals surface area contributed by atoms with E-state index in [9.17, 15) is 14.0 Å². The SMILES string of the molecule is N#CCNC(=O)C(Cc1ccc2ccccc2c1)NC(=O)NCc1ccccc1F. The molecule has 0 spiro atoms. The number of urea groups is 1. The lowest BCUT2D eigenvalue weighted by atomic mass is 10.0. The summed E-state index contributed by atoms with van der Waals surface area (Å²) in [6.45, 7) is -0.174. The van der Waals surface area contributed by atoms with E-state index in [2.05, 4.69) is 16.0 Å². The third-order valence-corrected chi connectivity index (χ3v) is 4.61. The third-order valence-electron chi connectivity index (χ3n) is 4.61. The molecule has 3 aromatic rings. The van der Waals surface area contributed by atoms with E-state index in [0.717, 1.165) is 16.3 Å². The second-order valence-corrected chi connectivity index (χ2v) is 6.73. The van der Waals surface area contributed by atoms with Gasteiger partial charge in [-0.1, -0.05) is 60.7 Å². The Morgan fingerprint density at radius 1 is 0.967 bits per heavy atom. The van der Waals surface area contributed by atoms with Crippen LogP contribution < -0.4 is 16.0 Å². The topological polar surface area (TPSA) is 94.0 Å². The van der Waals surface area contributed by atoms with Gasteiger partial charge in [0.1, 0.15) is 18.4 Å². The Kier molecular flexibility index (Phi) is 6.95. The van der Waals surface area contributed by atoms with Crippen LogP contribution >= 0.6 is 0 Å². The molecule has 0 aliphatic heterocycles. The molecule has 3 N–H and O–H groups in total. The van der Waals surface area contributed by atoms with Crippen molar-refractivity contribution in [2.75, 3.05) is 6.54 Å². The number of rotatable bonds is 7. The third kappa shape index (κ3) is 5.55. The Morgan fingerprint density at radius 3 is 2.47 bits per heavy atom. The number of nitriles is 1. The molecule has 3 aromatic carbocycles. The zero-order valence-corrected chi connectivity index (χ0v) is 16.2. The van der Waals surface area contributed by atoms with Crippen LogP contribution in [0.1, 0.15) is 11.1 Å². The van der Waals surface area contributed by atoms with E-state index in [0.29, 0.717) is 5.56 Å². The standard InChI is InChI=1S/C23H21FN4O2/c24-20-8-4-3-7-19(20)15-27-23(30)28-21(22(29)26-12-11-25)14-16-9-10-17-5-1-2-6-18(17)13-16/h1-10,13,21H,12,14-15H2,(H,26,29)(H2,27,28,30). The van der Waals surface area contributed by atoms with Gasteiger partial charge in [-0.15, -0.1) is 0 Å². The highest BCUT2D eigenvalue weighted by Gasteiger charge is 2.21. The smallest absolute Gasteiger partial charge is 0.315 e. The van der Waals surface area contributed by atoms with Crippen molar-refractivity contribution in [3.8, 4) is 6.07 Å². The van der Waals surface area contributed by atoms with Gasteiger partial charge in [-0.3, -0.25) is 4.79 Å². The number of halogens is 1. The molecule has 0 bridgehead atoms. The fraction of sp³-hybridized carbons (Fsp3) is 0.174. The van der Waals surface area contributed by atoms with Crippen LogP contribution in [0.4, 0.5) is 9.18 Å². The molecule has 0 saturated carbocycles. The van der Waals surface area contributed by atoms with Gasteiger partial charge < -0.3 is 16.0 Å². The number of benzene rings is 3. The van der Waals surface area contributed by atoms with Gasteiger partial charge in [0.15, 0.2) is 0 Å². The summed E-state index contributed by atoms with van der Waals surface area (Å²) >= 11 is 0. The van der Waals surface area contributed by atoms with E-state index in [4.69, 9.17) is 5.26 Å². The van der Waals surface area contributed by atoms with Crippen molar-refractivity contribution >= 4 is 22.7 Å². The number of hydrogen-bond donors (Lipinski definition) is 3. The van der Waals surface area contributed by atoms with Crippen LogP contribution in [0.25, 0.3) is 10.8 Å². The maximum absolute atomic E-state index is 13.7. The normalized spacial score (nSPS) is 11.3. The summed E-state index contributed by atoms with van der Waals surface area (Å²) in [5.41, 5.74) is 1.20. The van der Waals surface area contributed by atoms with Gasteiger partial charge in [0.2, 0.25) is 5.91 Å². The number of carbonyl (C=O) groups excluding carboxylic acids is 2. The van der Waals surface area contributed by atoms with Crippen molar-refractivity contribution in [2.45, 2.75) is 19.0 Å². The lowest BCUT2D eigenvalue weighted by molar-refractivity contribution is -0.122. The van der Waals surface area contributed by atoms with Crippen LogP contribution in [0.2, 0.25) is 0 Å². The lowest BCUT2D eigenvalue weighted by Gasteiger charge is -2.19. The summed E-state index contributed by atoms with van der Waals surface area (Å²) in [4.78, 5) is 24.8. The predicted octanol–water partition coefficient (Wildman–Crippen LogP) is 3.03. The van der Waals surface area contributed by atoms with E-state index >= 15 is 0 Å². The summed E-state index contributed by atoms with van der Waals surface area (Å²) < 4.78 is 13.7. The molecule has 0 aliphatic rings. The molecule has 3 rings (SSSR count). The summed E-state index contributed by atoms with van der Waals surface area (Å²) in [6.07, 6.45) is 0.245. The first-order chi connectivity index (χ1) is 14.6. The molecule has 30 heavy (non-hydrogen) atoms. The zero-order chi connectivity index (χ0) is 21.3. The maximum Gasteiger partial charge on any atom is 0.315 e. The van der Waals surface area contributed by atoms with E-state index in [1.54, 1.807) is 18.2 Å². The molecule has 0 aromatic heterocycles. The molecular formula is C23H21FN4O2. The van der Waals surface area contributed by atoms with Gasteiger partial charge in [-0.2, -0.15) is 5.26 Å². The van der Waals surface area contributed by atoms with E-state index < -0.39 is 23.8 Å². The van der Waals surface area contributed by atoms with E-state index in [1.807, 2.05) is 48.5 Å². The van der Waals surface area contributed by atoms with Crippen LogP contribution in [0.15, 0.2) is 66.7 Å². The van der Waals surface area contributed by atoms with Crippen LogP contribution in [0.3, 0.4) is 0 Å². The average molecular weight is 404 g/mol. The molecule has 0 aliphatic carbocycles. The second kappa shape index (κ2) is 10.0. The minimum absolute atomic E-state index is 0.0129. The Bertz CT molecular complexity index is 1090. The van der Waals surface area contributed by atoms with Gasteiger partial charge in [0, 0.05) is 18.5 Å². The van der Waals surface area contributed by atoms with Crippen molar-refractivity contribution in [3.05, 3.63) is 83.7 Å². The second-order valence-electron chi connectivity index (χ2n) is 6.73. The molecule has 0 fully saturated rings. The zero-order valence-electron chi connectivity index (χ0n) is 16.2. The van der Waals surface area contributed by atoms with Gasteiger partial charge in [-0.25, -0.2) is 9.18 Å². The Labute approximate surface area is 173 Å². The highest BCUT2D eigenvalue weighted by Crippen LogP contribution is 2.17. The molecule has 6 nitrogen and oxygen atoms in total. The van der Waals surface area contributed by atoms with Gasteiger partial charge in [-0.05, 0) is 22.4 Å². The molecule has 1 unspecified atom stereocenters. The summed E-state index contributed by atoms with van der Waals surface area (Å²) in [7, 11) is 0. The number of nitrogens with zero attached hydrogens (tertiary/aromatic N) is 1. The fourth-order valence-corrected chi connectivity index (χ4v) is 3.09. The van der Waals surface area contributed by atoms with Crippen LogP contribution in [-0.4, -0.2) is 24.5 Å². The first-order valence-corrected chi connectivity index (χ1v) is 9.47. The number of hydrogen-bond acceptors (Lipinski definition) is 3. The molecule has 3 amide bonds. The molecule has 7 heteroatoms. The highest BCUT2D eigenvalue weighted by atomic mass is 19.1. The van der Waals surface area contributed by atoms with Crippen LogP contribution in [0, 0.1) is 17.1 Å². The number of carbonyl (C=O) groups is 2. The molecule has 0 radical (unpaired) electrons. The summed E-state index contributed by atoms with van der Waals surface area (Å²) in [5, 5.41) is 18.5. The molecule has 0 heterocycles. The molecular weight excluding hydrogens is 383 g/mol. The van der Waals surface area contributed by atoms with Crippen LogP contribution in [0.5, 0.6) is 0 Å². The highest BCUT2D eigenvalue weighted by molar-refractivity contribution is 5.88. The van der Waals surface area contributed by atoms with Crippen molar-refractivity contribution in [1.82, 2.24) is 16.0 Å². The van der Waals surface area contributed by atoms with Crippen LogP contribution in [-0.2, 0) is 17.8 Å². The lowest BCUT2D eigenvalue weighted by Crippen LogP contribution is -2.51. The Balaban J connectivity index is 1.69. The first-order valence-electron chi connectivity index (χ1n) is 9.47. The van der Waals surface area contributed by atoms with E-state index in [-0.39, 0.29) is 19.5 Å². The largest absolute Gasteiger partial charge is 0.341 e. The fourth-order valence-electron chi connectivity index (χ4n) is 3.09. The van der Waals surface area contributed by atoms with Gasteiger partial charge in [0.25, 0.3) is 0 Å². The monoisotopic (exact) mass is 404 g/mol. The maximum atomic E-state index is 13.7. The Hall–Kier alpha value is -3.92.